The van der Waals surface area contributed by atoms with E-state index in [1.165, 1.54) is 26.2 Å². The molecule has 0 aromatic carbocycles. The minimum absolute atomic E-state index is 0.0400. The van der Waals surface area contributed by atoms with Crippen LogP contribution in [-0.4, -0.2) is 206 Å². The second-order valence-corrected chi connectivity index (χ2v) is 28.1. The number of ketones is 1. The molecule has 7 N–H and O–H groups in total. The summed E-state index contributed by atoms with van der Waals surface area (Å²) in [4.78, 5) is 44.4. The van der Waals surface area contributed by atoms with Gasteiger partial charge in [-0.05, 0) is 154 Å². The average molecular weight is 1170 g/mol. The van der Waals surface area contributed by atoms with Crippen molar-refractivity contribution < 1.29 is 77.8 Å². The van der Waals surface area contributed by atoms with E-state index in [9.17, 15) is 45.0 Å². The largest absolute Gasteiger partial charge is 0.459 e. The summed E-state index contributed by atoms with van der Waals surface area (Å²) in [5.74, 6) is -4.84. The van der Waals surface area contributed by atoms with Crippen molar-refractivity contribution in [1.29, 1.82) is 0 Å². The van der Waals surface area contributed by atoms with Crippen LogP contribution in [0.1, 0.15) is 141 Å². The number of carbonyl (C=O) groups is 3. The number of aliphatic hydroxyl groups excluding tert-OH is 4. The van der Waals surface area contributed by atoms with Crippen LogP contribution in [0.5, 0.6) is 0 Å². The molecular weight excluding hydrogens is 1070 g/mol. The Bertz CT molecular complexity index is 2290. The van der Waals surface area contributed by atoms with E-state index in [2.05, 4.69) is 5.32 Å². The number of ether oxygens (including phenoxy) is 6. The van der Waals surface area contributed by atoms with Gasteiger partial charge in [-0.25, -0.2) is 4.39 Å². The highest BCUT2D eigenvalue weighted by atomic mass is 35.5. The van der Waals surface area contributed by atoms with E-state index >= 15 is 4.39 Å². The van der Waals surface area contributed by atoms with Crippen molar-refractivity contribution >= 4 is 29.3 Å². The van der Waals surface area contributed by atoms with E-state index in [1.807, 2.05) is 58.5 Å². The molecular formula is C61H101ClFN3O15. The number of rotatable bonds is 12. The molecule has 3 saturated carbocycles. The summed E-state index contributed by atoms with van der Waals surface area (Å²) in [6, 6.07) is -1.11. The number of nitrogens with zero attached hydrogens (tertiary/aromatic N) is 2. The van der Waals surface area contributed by atoms with Crippen LogP contribution in [0.15, 0.2) is 23.8 Å². The van der Waals surface area contributed by atoms with E-state index in [0.717, 1.165) is 0 Å². The molecule has 0 aromatic rings. The van der Waals surface area contributed by atoms with Crippen molar-refractivity contribution in [1.82, 2.24) is 15.1 Å². The number of carbonyl (C=O) groups excluding carboxylic acids is 3. The third kappa shape index (κ3) is 12.4. The molecule has 81 heavy (non-hydrogen) atoms. The predicted octanol–water partition coefficient (Wildman–Crippen LogP) is 5.23. The lowest BCUT2D eigenvalue weighted by Gasteiger charge is -2.63. The van der Waals surface area contributed by atoms with Gasteiger partial charge in [0, 0.05) is 62.5 Å². The maximum atomic E-state index is 16.2. The van der Waals surface area contributed by atoms with Gasteiger partial charge in [0.2, 0.25) is 5.91 Å². The van der Waals surface area contributed by atoms with Crippen molar-refractivity contribution in [2.24, 2.45) is 52.3 Å². The maximum Gasteiger partial charge on any atom is 0.311 e. The first-order chi connectivity index (χ1) is 37.5. The molecule has 464 valence electrons. The zero-order valence-corrected chi connectivity index (χ0v) is 51.9. The quantitative estimate of drug-likeness (QED) is 0.0752. The van der Waals surface area contributed by atoms with Crippen LogP contribution < -0.4 is 5.32 Å². The van der Waals surface area contributed by atoms with Gasteiger partial charge in [-0.3, -0.25) is 19.3 Å². The SMILES string of the molecule is CC[C@H]1OC(=O)[C@H](C)C(O[C@@H]2C[C@](C)(OC)[C@H](O)C(C)O2)[C@H](C)[C@@H](O[C@@H]2O[C@H](C)C[C@@H](N(C)C)[C@H]2O)[C@](C)(O)C[C@@H](C)CN(CCCNC(=O)[C@H]2[C@H](C)CC3C4C[C@H](F)C5=CC(=O)C=C[C@]5(C)[C@@]4(Cl)[C@@H](O)C[C@@]32C)[C@H](C)[C@@H](O)[C@]1(C)O. The molecule has 0 aromatic heterocycles. The number of halogens is 2. The Labute approximate surface area is 486 Å². The first kappa shape index (κ1) is 66.3. The van der Waals surface area contributed by atoms with Crippen LogP contribution in [0, 0.1) is 52.3 Å². The predicted molar refractivity (Wildman–Crippen MR) is 302 cm³/mol. The van der Waals surface area contributed by atoms with Crippen LogP contribution in [-0.2, 0) is 42.8 Å². The molecule has 4 aliphatic carbocycles. The monoisotopic (exact) mass is 1170 g/mol. The molecule has 7 aliphatic rings. The van der Waals surface area contributed by atoms with E-state index in [1.54, 1.807) is 54.5 Å². The van der Waals surface area contributed by atoms with Gasteiger partial charge < -0.3 is 69.3 Å². The van der Waals surface area contributed by atoms with Gasteiger partial charge >= 0.3 is 5.97 Å². The van der Waals surface area contributed by atoms with Crippen LogP contribution in [0.3, 0.4) is 0 Å². The Hall–Kier alpha value is -2.21. The number of hydrogen-bond donors (Lipinski definition) is 7. The summed E-state index contributed by atoms with van der Waals surface area (Å²) < 4.78 is 54.6. The first-order valence-corrected chi connectivity index (χ1v) is 30.4. The van der Waals surface area contributed by atoms with Gasteiger partial charge in [0.15, 0.2) is 18.4 Å². The van der Waals surface area contributed by atoms with Crippen LogP contribution in [0.25, 0.3) is 0 Å². The standard InChI is InChI=1S/C61H101ClFN3O15/c1-17-45-60(13,75)50(70)36(7)66(22-18-21-64-53(72)47-32(3)23-39-40-26-42(63)41-25-38(67)19-20-57(41,10)61(40,62)44(68)28-56(39,47)9)30-31(2)27-58(11,74)52(81-55-48(69)43(65(14)15)24-33(4)77-55)34(5)49(35(6)54(73)79-45)80-46-29-59(12,76-16)51(71)37(8)78-46/h19-20,25,31-37,39-40,42-52,55,68-71,74-75H,17-18,21-24,26-30H2,1-16H3,(H,64,72)/t31-,32-,33-,34+,35-,36-,37?,39?,40?,42+,43-,44+,45-,46-,47-,48-,49?,50-,51-,52-,55+,56+,57+,58-,59+,60-,61+/m1/s1. The number of methoxy groups -OCH3 is 1. The molecule has 4 unspecified atom stereocenters. The van der Waals surface area contributed by atoms with Gasteiger partial charge in [0.1, 0.15) is 36.2 Å². The lowest BCUT2D eigenvalue weighted by atomic mass is 9.46. The number of alkyl halides is 2. The smallest absolute Gasteiger partial charge is 0.311 e. The number of hydrogen-bond acceptors (Lipinski definition) is 17. The number of aliphatic hydroxyl groups is 6. The van der Waals surface area contributed by atoms with Crippen molar-refractivity contribution in [2.75, 3.05) is 40.8 Å². The Balaban J connectivity index is 1.15. The zero-order valence-electron chi connectivity index (χ0n) is 51.1. The second kappa shape index (κ2) is 24.9. The highest BCUT2D eigenvalue weighted by Crippen LogP contribution is 2.71. The number of amides is 1. The lowest BCUT2D eigenvalue weighted by molar-refractivity contribution is -0.318. The summed E-state index contributed by atoms with van der Waals surface area (Å²) in [6.45, 7) is 24.1. The zero-order chi connectivity index (χ0) is 60.4. The van der Waals surface area contributed by atoms with Gasteiger partial charge in [-0.15, -0.1) is 11.6 Å². The summed E-state index contributed by atoms with van der Waals surface area (Å²) in [6.07, 6.45) is -6.45. The first-order valence-electron chi connectivity index (χ1n) is 30.0. The molecule has 6 fully saturated rings. The number of likely N-dealkylation sites (N-methyl/N-ethyl adjacent to an activating group) is 1. The highest BCUT2D eigenvalue weighted by Gasteiger charge is 2.72. The Kier molecular flexibility index (Phi) is 20.4. The minimum atomic E-state index is -1.98. The van der Waals surface area contributed by atoms with E-state index < -0.39 is 136 Å². The van der Waals surface area contributed by atoms with Gasteiger partial charge in [-0.2, -0.15) is 0 Å². The van der Waals surface area contributed by atoms with Crippen LogP contribution in [0.4, 0.5) is 4.39 Å². The summed E-state index contributed by atoms with van der Waals surface area (Å²) >= 11 is 7.61. The molecule has 3 heterocycles. The fraction of sp³-hybridized carbons (Fsp3) is 0.885. The van der Waals surface area contributed by atoms with Crippen molar-refractivity contribution in [3.63, 3.8) is 0 Å². The van der Waals surface area contributed by atoms with E-state index in [0.29, 0.717) is 31.4 Å². The third-order valence-electron chi connectivity index (χ3n) is 21.2. The van der Waals surface area contributed by atoms with E-state index in [4.69, 9.17) is 40.0 Å². The number of cyclic esters (lactones) is 1. The maximum absolute atomic E-state index is 16.2. The fourth-order valence-electron chi connectivity index (χ4n) is 16.6. The van der Waals surface area contributed by atoms with Gasteiger partial charge in [0.25, 0.3) is 0 Å². The summed E-state index contributed by atoms with van der Waals surface area (Å²) in [5, 5.41) is 76.1. The Morgan fingerprint density at radius 1 is 0.914 bits per heavy atom. The molecule has 27 atom stereocenters. The molecule has 3 saturated heterocycles. The number of fused-ring (bicyclic) bond motifs is 5. The lowest BCUT2D eigenvalue weighted by Crippen LogP contribution is -2.67. The van der Waals surface area contributed by atoms with Crippen molar-refractivity contribution in [2.45, 2.75) is 249 Å². The number of esters is 1. The molecule has 0 bridgehead atoms. The molecule has 20 heteroatoms. The second-order valence-electron chi connectivity index (χ2n) is 27.5. The summed E-state index contributed by atoms with van der Waals surface area (Å²) in [7, 11) is 5.22. The van der Waals surface area contributed by atoms with Crippen LogP contribution >= 0.6 is 11.6 Å². The molecule has 1 amide bonds. The topological polar surface area (TPSA) is 246 Å². The van der Waals surface area contributed by atoms with Crippen molar-refractivity contribution in [3.05, 3.63) is 23.8 Å². The number of nitrogens with one attached hydrogen (secondary N) is 1. The Morgan fingerprint density at radius 2 is 1.58 bits per heavy atom. The normalized spacial score (nSPS) is 50.3. The molecule has 3 aliphatic heterocycles. The van der Waals surface area contributed by atoms with Gasteiger partial charge in [0.05, 0.1) is 52.5 Å². The molecule has 0 spiro atoms. The van der Waals surface area contributed by atoms with Crippen molar-refractivity contribution in [3.8, 4) is 0 Å². The summed E-state index contributed by atoms with van der Waals surface area (Å²) in [5.41, 5.74) is -6.31. The van der Waals surface area contributed by atoms with Gasteiger partial charge in [-0.1, -0.05) is 47.6 Å². The van der Waals surface area contributed by atoms with E-state index in [-0.39, 0.29) is 86.8 Å². The number of allylic oxidation sites excluding steroid dienone is 4. The third-order valence-corrected chi connectivity index (χ3v) is 22.1. The average Bonchev–Trinajstić information content (AvgIpc) is 3.80. The molecule has 0 radical (unpaired) electrons. The fourth-order valence-corrected chi connectivity index (χ4v) is 17.1. The molecule has 7 rings (SSSR count). The van der Waals surface area contributed by atoms with Crippen LogP contribution in [0.2, 0.25) is 0 Å². The highest BCUT2D eigenvalue weighted by molar-refractivity contribution is 6.26. The molecule has 18 nitrogen and oxygen atoms in total. The Morgan fingerprint density at radius 3 is 2.21 bits per heavy atom. The minimum Gasteiger partial charge on any atom is -0.459 e.